The van der Waals surface area contributed by atoms with Gasteiger partial charge in [-0.05, 0) is 37.5 Å². The van der Waals surface area contributed by atoms with Crippen molar-refractivity contribution in [2.75, 3.05) is 19.6 Å². The van der Waals surface area contributed by atoms with E-state index in [-0.39, 0.29) is 5.60 Å². The van der Waals surface area contributed by atoms with Crippen LogP contribution in [0.4, 0.5) is 0 Å². The van der Waals surface area contributed by atoms with Crippen LogP contribution in [0.3, 0.4) is 0 Å². The van der Waals surface area contributed by atoms with Gasteiger partial charge in [0.2, 0.25) is 0 Å². The molecule has 1 aliphatic heterocycles. The second-order valence-electron chi connectivity index (χ2n) is 7.11. The summed E-state index contributed by atoms with van der Waals surface area (Å²) in [6, 6.07) is 0. The minimum absolute atomic E-state index is 0.337. The lowest BCUT2D eigenvalue weighted by Crippen LogP contribution is -2.45. The Kier molecular flexibility index (Phi) is 5.08. The van der Waals surface area contributed by atoms with Crippen LogP contribution in [0.5, 0.6) is 0 Å². The summed E-state index contributed by atoms with van der Waals surface area (Å²) in [6.45, 7) is 7.94. The Balaban J connectivity index is 1.69. The molecule has 0 aromatic carbocycles. The average molecular weight is 253 g/mol. The molecule has 106 valence electrons. The third-order valence-corrected chi connectivity index (χ3v) is 4.90. The Morgan fingerprint density at radius 1 is 1.17 bits per heavy atom. The minimum atomic E-state index is -0.337. The fraction of sp³-hybridized carbons (Fsp3) is 1.00. The topological polar surface area (TPSA) is 23.5 Å². The van der Waals surface area contributed by atoms with Crippen molar-refractivity contribution >= 4 is 0 Å². The SMILES string of the molecule is CC(C)CN1CCC(O)(CCC2CCCC2)CC1. The smallest absolute Gasteiger partial charge is 0.0672 e. The third kappa shape index (κ3) is 4.24. The Labute approximate surface area is 113 Å². The molecule has 0 aromatic rings. The molecule has 18 heavy (non-hydrogen) atoms. The number of hydrogen-bond donors (Lipinski definition) is 1. The Morgan fingerprint density at radius 2 is 1.78 bits per heavy atom. The second-order valence-corrected chi connectivity index (χ2v) is 7.11. The van der Waals surface area contributed by atoms with E-state index in [4.69, 9.17) is 0 Å². The number of piperidine rings is 1. The van der Waals surface area contributed by atoms with E-state index in [2.05, 4.69) is 18.7 Å². The maximum atomic E-state index is 10.7. The molecule has 1 saturated heterocycles. The van der Waals surface area contributed by atoms with Crippen LogP contribution in [0.2, 0.25) is 0 Å². The first-order valence-electron chi connectivity index (χ1n) is 8.02. The molecule has 0 spiro atoms. The van der Waals surface area contributed by atoms with Crippen LogP contribution in [-0.2, 0) is 0 Å². The highest BCUT2D eigenvalue weighted by atomic mass is 16.3. The molecule has 0 aromatic heterocycles. The van der Waals surface area contributed by atoms with E-state index in [1.807, 2.05) is 0 Å². The molecule has 0 unspecified atom stereocenters. The predicted molar refractivity (Wildman–Crippen MR) is 76.7 cm³/mol. The molecule has 1 heterocycles. The van der Waals surface area contributed by atoms with Crippen molar-refractivity contribution in [1.29, 1.82) is 0 Å². The molecule has 1 N–H and O–H groups in total. The molecular formula is C16H31NO. The molecular weight excluding hydrogens is 222 g/mol. The molecule has 0 amide bonds. The van der Waals surface area contributed by atoms with Crippen molar-refractivity contribution in [3.63, 3.8) is 0 Å². The molecule has 2 rings (SSSR count). The lowest BCUT2D eigenvalue weighted by Gasteiger charge is -2.39. The van der Waals surface area contributed by atoms with Crippen LogP contribution in [0.1, 0.15) is 65.2 Å². The Bertz CT molecular complexity index is 237. The highest BCUT2D eigenvalue weighted by molar-refractivity contribution is 4.87. The molecule has 2 heteroatoms. The zero-order chi connectivity index (χ0) is 13.0. The highest BCUT2D eigenvalue weighted by Gasteiger charge is 2.32. The standard InChI is InChI=1S/C16H31NO/c1-14(2)13-17-11-9-16(18,10-12-17)8-7-15-5-3-4-6-15/h14-15,18H,3-13H2,1-2H3. The monoisotopic (exact) mass is 253 g/mol. The number of rotatable bonds is 5. The van der Waals surface area contributed by atoms with Crippen molar-refractivity contribution in [2.24, 2.45) is 11.8 Å². The van der Waals surface area contributed by atoms with Crippen molar-refractivity contribution in [3.8, 4) is 0 Å². The van der Waals surface area contributed by atoms with Gasteiger partial charge in [-0.25, -0.2) is 0 Å². The third-order valence-electron chi connectivity index (χ3n) is 4.90. The Hall–Kier alpha value is -0.0800. The van der Waals surface area contributed by atoms with Gasteiger partial charge in [-0.2, -0.15) is 0 Å². The summed E-state index contributed by atoms with van der Waals surface area (Å²) in [6.07, 6.45) is 9.97. The van der Waals surface area contributed by atoms with Crippen molar-refractivity contribution in [1.82, 2.24) is 4.90 Å². The van der Waals surface area contributed by atoms with Crippen LogP contribution in [-0.4, -0.2) is 35.2 Å². The maximum absolute atomic E-state index is 10.7. The van der Waals surface area contributed by atoms with E-state index >= 15 is 0 Å². The van der Waals surface area contributed by atoms with Gasteiger partial charge >= 0.3 is 0 Å². The summed E-state index contributed by atoms with van der Waals surface area (Å²) in [4.78, 5) is 2.52. The number of hydrogen-bond acceptors (Lipinski definition) is 2. The summed E-state index contributed by atoms with van der Waals surface area (Å²) in [5.41, 5.74) is -0.337. The van der Waals surface area contributed by atoms with Gasteiger partial charge in [0.05, 0.1) is 5.60 Å². The van der Waals surface area contributed by atoms with Gasteiger partial charge < -0.3 is 10.0 Å². The average Bonchev–Trinajstić information content (AvgIpc) is 2.83. The van der Waals surface area contributed by atoms with Gasteiger partial charge in [-0.15, -0.1) is 0 Å². The quantitative estimate of drug-likeness (QED) is 0.811. The van der Waals surface area contributed by atoms with Gasteiger partial charge in [0, 0.05) is 19.6 Å². The van der Waals surface area contributed by atoms with Crippen LogP contribution in [0.15, 0.2) is 0 Å². The maximum Gasteiger partial charge on any atom is 0.0672 e. The van der Waals surface area contributed by atoms with Gasteiger partial charge in [-0.3, -0.25) is 0 Å². The number of likely N-dealkylation sites (tertiary alicyclic amines) is 1. The van der Waals surface area contributed by atoms with E-state index in [0.29, 0.717) is 0 Å². The molecule has 0 bridgehead atoms. The predicted octanol–water partition coefficient (Wildman–Crippen LogP) is 3.44. The van der Waals surface area contributed by atoms with E-state index in [0.717, 1.165) is 44.2 Å². The van der Waals surface area contributed by atoms with Gasteiger partial charge in [-0.1, -0.05) is 39.5 Å². The van der Waals surface area contributed by atoms with E-state index < -0.39 is 0 Å². The van der Waals surface area contributed by atoms with Crippen LogP contribution in [0, 0.1) is 11.8 Å². The van der Waals surface area contributed by atoms with Crippen molar-refractivity contribution < 1.29 is 5.11 Å². The first-order valence-corrected chi connectivity index (χ1v) is 8.02. The first kappa shape index (κ1) is 14.3. The number of aliphatic hydroxyl groups is 1. The second kappa shape index (κ2) is 6.38. The van der Waals surface area contributed by atoms with E-state index in [1.54, 1.807) is 0 Å². The zero-order valence-electron chi connectivity index (χ0n) is 12.3. The largest absolute Gasteiger partial charge is 0.390 e. The normalized spacial score (nSPS) is 26.0. The molecule has 2 fully saturated rings. The molecule has 2 nitrogen and oxygen atoms in total. The lowest BCUT2D eigenvalue weighted by atomic mass is 9.84. The van der Waals surface area contributed by atoms with Crippen LogP contribution in [0.25, 0.3) is 0 Å². The van der Waals surface area contributed by atoms with Gasteiger partial charge in [0.25, 0.3) is 0 Å². The number of nitrogens with zero attached hydrogens (tertiary/aromatic N) is 1. The van der Waals surface area contributed by atoms with Crippen molar-refractivity contribution in [2.45, 2.75) is 70.8 Å². The molecule has 1 saturated carbocycles. The minimum Gasteiger partial charge on any atom is -0.390 e. The summed E-state index contributed by atoms with van der Waals surface area (Å²) >= 11 is 0. The fourth-order valence-corrected chi connectivity index (χ4v) is 3.69. The zero-order valence-corrected chi connectivity index (χ0v) is 12.3. The van der Waals surface area contributed by atoms with E-state index in [1.165, 1.54) is 38.6 Å². The van der Waals surface area contributed by atoms with Crippen LogP contribution < -0.4 is 0 Å². The summed E-state index contributed by atoms with van der Waals surface area (Å²) in [5, 5.41) is 10.7. The van der Waals surface area contributed by atoms with Crippen molar-refractivity contribution in [3.05, 3.63) is 0 Å². The van der Waals surface area contributed by atoms with E-state index in [9.17, 15) is 5.11 Å². The summed E-state index contributed by atoms with van der Waals surface area (Å²) in [5.74, 6) is 1.66. The summed E-state index contributed by atoms with van der Waals surface area (Å²) in [7, 11) is 0. The first-order chi connectivity index (χ1) is 8.57. The highest BCUT2D eigenvalue weighted by Crippen LogP contribution is 2.34. The van der Waals surface area contributed by atoms with Gasteiger partial charge in [0.15, 0.2) is 0 Å². The fourth-order valence-electron chi connectivity index (χ4n) is 3.69. The Morgan fingerprint density at radius 3 is 2.33 bits per heavy atom. The molecule has 0 atom stereocenters. The van der Waals surface area contributed by atoms with Gasteiger partial charge in [0.1, 0.15) is 0 Å². The molecule has 1 aliphatic carbocycles. The molecule has 0 radical (unpaired) electrons. The lowest BCUT2D eigenvalue weighted by molar-refractivity contribution is -0.0334. The van der Waals surface area contributed by atoms with Crippen LogP contribution >= 0.6 is 0 Å². The summed E-state index contributed by atoms with van der Waals surface area (Å²) < 4.78 is 0. The molecule has 2 aliphatic rings.